The van der Waals surface area contributed by atoms with Crippen molar-refractivity contribution in [1.82, 2.24) is 10.6 Å². The van der Waals surface area contributed by atoms with Gasteiger partial charge in [-0.3, -0.25) is 14.9 Å². The summed E-state index contributed by atoms with van der Waals surface area (Å²) >= 11 is 0. The number of ether oxygens (including phenoxy) is 1. The first-order valence-electron chi connectivity index (χ1n) is 9.97. The summed E-state index contributed by atoms with van der Waals surface area (Å²) in [6, 6.07) is 9.16. The van der Waals surface area contributed by atoms with Crippen LogP contribution in [0.5, 0.6) is 0 Å². The molecule has 28 heavy (non-hydrogen) atoms. The molecule has 0 bridgehead atoms. The van der Waals surface area contributed by atoms with Gasteiger partial charge in [0.1, 0.15) is 0 Å². The second-order valence-corrected chi connectivity index (χ2v) is 6.91. The molecule has 1 amide bonds. The highest BCUT2D eigenvalue weighted by Gasteiger charge is 2.45. The van der Waals surface area contributed by atoms with E-state index < -0.39 is 11.5 Å². The van der Waals surface area contributed by atoms with Crippen LogP contribution in [0.25, 0.3) is 0 Å². The molecule has 1 fully saturated rings. The second kappa shape index (κ2) is 11.5. The van der Waals surface area contributed by atoms with Crippen LogP contribution in [0.3, 0.4) is 0 Å². The Bertz CT molecular complexity index is 689. The van der Waals surface area contributed by atoms with Gasteiger partial charge in [0.15, 0.2) is 5.60 Å². The third-order valence-electron chi connectivity index (χ3n) is 5.01. The summed E-state index contributed by atoms with van der Waals surface area (Å²) in [5, 5.41) is 17.0. The fourth-order valence-electron chi connectivity index (χ4n) is 3.59. The van der Waals surface area contributed by atoms with Gasteiger partial charge < -0.3 is 15.2 Å². The van der Waals surface area contributed by atoms with Crippen LogP contribution in [0, 0.1) is 17.8 Å². The van der Waals surface area contributed by atoms with Gasteiger partial charge in [-0.1, -0.05) is 61.4 Å². The van der Waals surface area contributed by atoms with E-state index in [0.29, 0.717) is 18.7 Å². The molecule has 1 aromatic carbocycles. The van der Waals surface area contributed by atoms with Gasteiger partial charge in [-0.15, -0.1) is 0 Å². The summed E-state index contributed by atoms with van der Waals surface area (Å²) in [5.74, 6) is 4.87. The third-order valence-corrected chi connectivity index (χ3v) is 5.01. The smallest absolute Gasteiger partial charge is 0.319 e. The van der Waals surface area contributed by atoms with Crippen molar-refractivity contribution in [2.45, 2.75) is 44.6 Å². The Balaban J connectivity index is 1.91. The van der Waals surface area contributed by atoms with Crippen LogP contribution >= 0.6 is 0 Å². The Kier molecular flexibility index (Phi) is 8.99. The monoisotopic (exact) mass is 386 g/mol. The topological polar surface area (TPSA) is 87.7 Å². The molecule has 0 spiro atoms. The van der Waals surface area contributed by atoms with E-state index in [9.17, 15) is 14.7 Å². The van der Waals surface area contributed by atoms with Crippen LogP contribution in [0.15, 0.2) is 30.3 Å². The Hall–Kier alpha value is -2.36. The van der Waals surface area contributed by atoms with E-state index >= 15 is 0 Å². The number of hydrogen-bond acceptors (Lipinski definition) is 5. The van der Waals surface area contributed by atoms with E-state index in [1.165, 1.54) is 0 Å². The average Bonchev–Trinajstić information content (AvgIpc) is 2.73. The molecule has 3 N–H and O–H groups in total. The molecule has 1 unspecified atom stereocenters. The van der Waals surface area contributed by atoms with Crippen molar-refractivity contribution in [3.63, 3.8) is 0 Å². The predicted molar refractivity (Wildman–Crippen MR) is 107 cm³/mol. The molecule has 1 saturated carbocycles. The van der Waals surface area contributed by atoms with Crippen molar-refractivity contribution in [2.75, 3.05) is 26.2 Å². The van der Waals surface area contributed by atoms with Gasteiger partial charge in [-0.25, -0.2) is 0 Å². The average molecular weight is 386 g/mol. The molecular formula is C22H30N2O4. The van der Waals surface area contributed by atoms with Crippen molar-refractivity contribution >= 4 is 11.9 Å². The van der Waals surface area contributed by atoms with Crippen LogP contribution < -0.4 is 10.6 Å². The van der Waals surface area contributed by atoms with Crippen molar-refractivity contribution in [2.24, 2.45) is 5.92 Å². The Labute approximate surface area is 167 Å². The van der Waals surface area contributed by atoms with E-state index in [1.54, 1.807) is 19.1 Å². The quantitative estimate of drug-likeness (QED) is 0.360. The number of amides is 1. The van der Waals surface area contributed by atoms with Gasteiger partial charge >= 0.3 is 5.97 Å². The summed E-state index contributed by atoms with van der Waals surface area (Å²) in [6.07, 6.45) is 4.87. The lowest BCUT2D eigenvalue weighted by Crippen LogP contribution is -2.50. The highest BCUT2D eigenvalue weighted by Crippen LogP contribution is 2.39. The molecule has 2 rings (SSSR count). The van der Waals surface area contributed by atoms with Crippen LogP contribution in [0.1, 0.15) is 44.6 Å². The van der Waals surface area contributed by atoms with Gasteiger partial charge in [0, 0.05) is 5.92 Å². The largest absolute Gasteiger partial charge is 0.465 e. The molecule has 1 atom stereocenters. The fraction of sp³-hybridized carbons (Fsp3) is 0.545. The zero-order valence-corrected chi connectivity index (χ0v) is 16.5. The minimum absolute atomic E-state index is 0.0946. The minimum Gasteiger partial charge on any atom is -0.465 e. The first-order chi connectivity index (χ1) is 13.6. The maximum atomic E-state index is 12.9. The lowest BCUT2D eigenvalue weighted by atomic mass is 9.73. The lowest BCUT2D eigenvalue weighted by molar-refractivity contribution is -0.149. The first-order valence-corrected chi connectivity index (χ1v) is 9.97. The molecule has 1 aromatic rings. The molecule has 152 valence electrons. The van der Waals surface area contributed by atoms with E-state index in [2.05, 4.69) is 22.5 Å². The number of aliphatic hydroxyl groups is 1. The highest BCUT2D eigenvalue weighted by molar-refractivity contribution is 5.87. The molecule has 6 heteroatoms. The molecule has 0 heterocycles. The number of hydrogen-bond donors (Lipinski definition) is 3. The van der Waals surface area contributed by atoms with Gasteiger partial charge in [0.25, 0.3) is 5.91 Å². The number of esters is 1. The second-order valence-electron chi connectivity index (χ2n) is 6.91. The molecule has 0 aliphatic heterocycles. The lowest BCUT2D eigenvalue weighted by Gasteiger charge is -2.37. The minimum atomic E-state index is -1.54. The van der Waals surface area contributed by atoms with Crippen LogP contribution in [0.2, 0.25) is 0 Å². The summed E-state index contributed by atoms with van der Waals surface area (Å²) in [4.78, 5) is 24.1. The predicted octanol–water partition coefficient (Wildman–Crippen LogP) is 1.73. The number of carbonyl (C=O) groups excluding carboxylic acids is 2. The summed E-state index contributed by atoms with van der Waals surface area (Å²) in [6.45, 7) is 2.67. The van der Waals surface area contributed by atoms with Crippen molar-refractivity contribution in [3.8, 4) is 11.8 Å². The normalized spacial score (nSPS) is 16.4. The number of carbonyl (C=O) groups is 2. The van der Waals surface area contributed by atoms with Gasteiger partial charge in [-0.2, -0.15) is 0 Å². The Morgan fingerprint density at radius 1 is 1.14 bits per heavy atom. The van der Waals surface area contributed by atoms with Crippen molar-refractivity contribution < 1.29 is 19.4 Å². The maximum absolute atomic E-state index is 12.9. The standard InChI is InChI=1S/C22H30N2O4/c1-2-28-20(25)17-23-15-9-10-16-24-21(26)22(27,18-11-5-3-6-12-18)19-13-7-4-8-14-19/h3,5-6,11-12,19,23,27H,2,4,7-8,13-17H2,1H3,(H,24,26). The zero-order chi connectivity index (χ0) is 20.2. The molecule has 0 aromatic heterocycles. The van der Waals surface area contributed by atoms with Crippen molar-refractivity contribution in [3.05, 3.63) is 35.9 Å². The Morgan fingerprint density at radius 2 is 1.82 bits per heavy atom. The highest BCUT2D eigenvalue weighted by atomic mass is 16.5. The first kappa shape index (κ1) is 21.9. The van der Waals surface area contributed by atoms with Gasteiger partial charge in [0.2, 0.25) is 0 Å². The molecule has 6 nitrogen and oxygen atoms in total. The van der Waals surface area contributed by atoms with E-state index in [4.69, 9.17) is 4.74 Å². The summed E-state index contributed by atoms with van der Waals surface area (Å²) < 4.78 is 4.80. The van der Waals surface area contributed by atoms with E-state index in [0.717, 1.165) is 32.1 Å². The summed E-state index contributed by atoms with van der Waals surface area (Å²) in [5.41, 5.74) is -0.908. The van der Waals surface area contributed by atoms with Crippen LogP contribution in [0.4, 0.5) is 0 Å². The fourth-order valence-corrected chi connectivity index (χ4v) is 3.59. The number of nitrogens with one attached hydrogen (secondary N) is 2. The maximum Gasteiger partial charge on any atom is 0.319 e. The number of rotatable bonds is 8. The number of benzene rings is 1. The molecular weight excluding hydrogens is 356 g/mol. The third kappa shape index (κ3) is 6.08. The SMILES string of the molecule is CCOC(=O)CNCC#CCNC(=O)C(O)(c1ccccc1)C1CCCCC1. The van der Waals surface area contributed by atoms with Crippen LogP contribution in [-0.4, -0.2) is 43.2 Å². The molecule has 0 saturated heterocycles. The Morgan fingerprint density at radius 3 is 2.50 bits per heavy atom. The van der Waals surface area contributed by atoms with Gasteiger partial charge in [0.05, 0.1) is 26.2 Å². The van der Waals surface area contributed by atoms with E-state index in [1.807, 2.05) is 18.2 Å². The van der Waals surface area contributed by atoms with E-state index in [-0.39, 0.29) is 25.0 Å². The summed E-state index contributed by atoms with van der Waals surface area (Å²) in [7, 11) is 0. The molecule has 1 aliphatic carbocycles. The van der Waals surface area contributed by atoms with Crippen molar-refractivity contribution in [1.29, 1.82) is 0 Å². The van der Waals surface area contributed by atoms with Crippen LogP contribution in [-0.2, 0) is 19.9 Å². The zero-order valence-electron chi connectivity index (χ0n) is 16.5. The van der Waals surface area contributed by atoms with Gasteiger partial charge in [-0.05, 0) is 25.3 Å². The molecule has 1 aliphatic rings. The molecule has 0 radical (unpaired) electrons.